The minimum Gasteiger partial charge on any atom is -0.258 e. The van der Waals surface area contributed by atoms with Crippen LogP contribution in [0, 0.1) is 20.2 Å². The Bertz CT molecular complexity index is 1610. The second-order valence-electron chi connectivity index (χ2n) is 8.88. The highest BCUT2D eigenvalue weighted by molar-refractivity contribution is 7.92. The molecule has 208 valence electrons. The summed E-state index contributed by atoms with van der Waals surface area (Å²) < 4.78 is 28.9. The van der Waals surface area contributed by atoms with Crippen LogP contribution in [0.4, 0.5) is 11.4 Å². The second-order valence-corrected chi connectivity index (χ2v) is 12.0. The van der Waals surface area contributed by atoms with Crippen LogP contribution in [0.1, 0.15) is 32.8 Å². The molecule has 0 aliphatic carbocycles. The van der Waals surface area contributed by atoms with Crippen molar-refractivity contribution >= 4 is 56.6 Å². The molecule has 4 rings (SSSR count). The molecule has 0 N–H and O–H groups in total. The topological polar surface area (TPSA) is 120 Å². The minimum absolute atomic E-state index is 0.179. The monoisotopic (exact) mass is 608 g/mol. The van der Waals surface area contributed by atoms with Gasteiger partial charge in [-0.1, -0.05) is 96.0 Å². The number of rotatable bonds is 10. The molecule has 0 aliphatic rings. The van der Waals surface area contributed by atoms with E-state index in [0.29, 0.717) is 21.2 Å². The molecular weight excluding hydrogens is 587 g/mol. The van der Waals surface area contributed by atoms with Crippen LogP contribution in [-0.2, 0) is 9.84 Å². The lowest BCUT2D eigenvalue weighted by molar-refractivity contribution is -0.385. The smallest absolute Gasteiger partial charge is 0.258 e. The van der Waals surface area contributed by atoms with E-state index < -0.39 is 30.2 Å². The van der Waals surface area contributed by atoms with Crippen molar-refractivity contribution < 1.29 is 18.3 Å². The largest absolute Gasteiger partial charge is 0.276 e. The molecule has 8 nitrogen and oxygen atoms in total. The van der Waals surface area contributed by atoms with Crippen molar-refractivity contribution in [2.75, 3.05) is 0 Å². The number of benzene rings is 4. The Morgan fingerprint density at radius 2 is 0.927 bits per heavy atom. The fourth-order valence-corrected chi connectivity index (χ4v) is 6.49. The molecule has 0 heterocycles. The summed E-state index contributed by atoms with van der Waals surface area (Å²) in [7, 11) is -4.20. The van der Waals surface area contributed by atoms with Crippen LogP contribution in [0.15, 0.2) is 109 Å². The highest BCUT2D eigenvalue weighted by atomic mass is 35.5. The predicted octanol–water partition coefficient (Wildman–Crippen LogP) is 8.43. The van der Waals surface area contributed by atoms with Crippen LogP contribution in [0.3, 0.4) is 0 Å². The molecule has 41 heavy (non-hydrogen) atoms. The van der Waals surface area contributed by atoms with Gasteiger partial charge in [0, 0.05) is 22.2 Å². The molecule has 0 fully saturated rings. The molecule has 0 saturated heterocycles. The summed E-state index contributed by atoms with van der Waals surface area (Å²) >= 11 is 12.1. The van der Waals surface area contributed by atoms with E-state index in [-0.39, 0.29) is 22.5 Å². The van der Waals surface area contributed by atoms with Crippen molar-refractivity contribution in [1.82, 2.24) is 0 Å². The standard InChI is InChI=1S/C30H22Cl2N2O6S/c31-25-15-9-23(10-16-25)29(19-13-21-5-1-3-7-27(21)33(35)36)41(39,40)30(24-11-17-26(32)18-12-24)20-14-22-6-2-4-8-28(22)34(37)38/h1-20,29-30H/b19-13+,20-14+. The lowest BCUT2D eigenvalue weighted by Crippen LogP contribution is -2.19. The molecule has 4 aromatic rings. The number of sulfone groups is 1. The first-order valence-corrected chi connectivity index (χ1v) is 14.5. The zero-order valence-corrected chi connectivity index (χ0v) is 23.5. The van der Waals surface area contributed by atoms with Crippen molar-refractivity contribution in [3.05, 3.63) is 162 Å². The van der Waals surface area contributed by atoms with Gasteiger partial charge in [-0.2, -0.15) is 0 Å². The van der Waals surface area contributed by atoms with Gasteiger partial charge in [0.15, 0.2) is 9.84 Å². The van der Waals surface area contributed by atoms with Crippen LogP contribution in [-0.4, -0.2) is 18.3 Å². The summed E-state index contributed by atoms with van der Waals surface area (Å²) in [6.07, 6.45) is 5.59. The molecule has 0 spiro atoms. The highest BCUT2D eigenvalue weighted by Crippen LogP contribution is 2.38. The second kappa shape index (κ2) is 12.9. The first-order chi connectivity index (χ1) is 19.6. The maximum atomic E-state index is 14.4. The van der Waals surface area contributed by atoms with E-state index in [1.54, 1.807) is 60.7 Å². The lowest BCUT2D eigenvalue weighted by Gasteiger charge is -2.22. The van der Waals surface area contributed by atoms with Gasteiger partial charge >= 0.3 is 0 Å². The molecule has 0 saturated carbocycles. The molecule has 4 aromatic carbocycles. The van der Waals surface area contributed by atoms with Gasteiger partial charge in [-0.25, -0.2) is 8.42 Å². The molecule has 11 heteroatoms. The SMILES string of the molecule is O=[N+]([O-])c1ccccc1/C=C/C(c1ccc(Cl)cc1)S(=O)(=O)C(/C=C/c1ccccc1[N+](=O)[O-])c1ccc(Cl)cc1. The molecule has 0 amide bonds. The Kier molecular flexibility index (Phi) is 9.34. The molecular formula is C30H22Cl2N2O6S. The van der Waals surface area contributed by atoms with Crippen molar-refractivity contribution in [2.24, 2.45) is 0 Å². The summed E-state index contributed by atoms with van der Waals surface area (Å²) in [6.45, 7) is 0. The van der Waals surface area contributed by atoms with E-state index in [2.05, 4.69) is 0 Å². The van der Waals surface area contributed by atoms with Crippen LogP contribution < -0.4 is 0 Å². The Balaban J connectivity index is 1.88. The van der Waals surface area contributed by atoms with Gasteiger partial charge < -0.3 is 0 Å². The fraction of sp³-hybridized carbons (Fsp3) is 0.0667. The van der Waals surface area contributed by atoms with Crippen molar-refractivity contribution in [3.8, 4) is 0 Å². The number of nitro groups is 2. The number of para-hydroxylation sites is 2. The van der Waals surface area contributed by atoms with Crippen LogP contribution in [0.5, 0.6) is 0 Å². The molecule has 0 aromatic heterocycles. The predicted molar refractivity (Wildman–Crippen MR) is 162 cm³/mol. The molecule has 0 aliphatic heterocycles. The van der Waals surface area contributed by atoms with Gasteiger partial charge in [0.1, 0.15) is 10.5 Å². The van der Waals surface area contributed by atoms with Gasteiger partial charge in [-0.15, -0.1) is 0 Å². The van der Waals surface area contributed by atoms with Gasteiger partial charge in [-0.05, 0) is 47.5 Å². The average molecular weight is 609 g/mol. The van der Waals surface area contributed by atoms with E-state index in [0.717, 1.165) is 0 Å². The number of hydrogen-bond acceptors (Lipinski definition) is 6. The zero-order chi connectivity index (χ0) is 29.6. The van der Waals surface area contributed by atoms with E-state index in [1.807, 2.05) is 0 Å². The third-order valence-electron chi connectivity index (χ3n) is 6.27. The quantitative estimate of drug-likeness (QED) is 0.131. The summed E-state index contributed by atoms with van der Waals surface area (Å²) in [5, 5.41) is 21.4. The summed E-state index contributed by atoms with van der Waals surface area (Å²) in [5.41, 5.74) is 0.850. The maximum Gasteiger partial charge on any atom is 0.276 e. The summed E-state index contributed by atoms with van der Waals surface area (Å²) in [6, 6.07) is 24.5. The van der Waals surface area contributed by atoms with E-state index in [9.17, 15) is 28.6 Å². The summed E-state index contributed by atoms with van der Waals surface area (Å²) in [5.74, 6) is 0. The Morgan fingerprint density at radius 1 is 0.585 bits per heavy atom. The summed E-state index contributed by atoms with van der Waals surface area (Å²) in [4.78, 5) is 22.0. The number of nitro benzene ring substituents is 2. The van der Waals surface area contributed by atoms with Gasteiger partial charge in [0.2, 0.25) is 0 Å². The van der Waals surface area contributed by atoms with Crippen molar-refractivity contribution in [3.63, 3.8) is 0 Å². The van der Waals surface area contributed by atoms with Crippen molar-refractivity contribution in [2.45, 2.75) is 10.5 Å². The molecule has 0 radical (unpaired) electrons. The molecule has 2 unspecified atom stereocenters. The third-order valence-corrected chi connectivity index (χ3v) is 9.05. The normalized spacial score (nSPS) is 13.3. The first kappa shape index (κ1) is 29.7. The van der Waals surface area contributed by atoms with Gasteiger partial charge in [-0.3, -0.25) is 20.2 Å². The Morgan fingerprint density at radius 3 is 1.27 bits per heavy atom. The van der Waals surface area contributed by atoms with Crippen LogP contribution >= 0.6 is 23.2 Å². The van der Waals surface area contributed by atoms with Crippen molar-refractivity contribution in [1.29, 1.82) is 0 Å². The average Bonchev–Trinajstić information content (AvgIpc) is 2.95. The first-order valence-electron chi connectivity index (χ1n) is 12.1. The lowest BCUT2D eigenvalue weighted by atomic mass is 10.1. The third kappa shape index (κ3) is 7.07. The van der Waals surface area contributed by atoms with Crippen LogP contribution in [0.2, 0.25) is 10.0 Å². The van der Waals surface area contributed by atoms with Crippen LogP contribution in [0.25, 0.3) is 12.2 Å². The van der Waals surface area contributed by atoms with E-state index >= 15 is 0 Å². The van der Waals surface area contributed by atoms with Gasteiger partial charge in [0.25, 0.3) is 11.4 Å². The maximum absolute atomic E-state index is 14.4. The van der Waals surface area contributed by atoms with E-state index in [1.165, 1.54) is 60.7 Å². The highest BCUT2D eigenvalue weighted by Gasteiger charge is 2.34. The Hall–Kier alpha value is -4.31. The van der Waals surface area contributed by atoms with E-state index in [4.69, 9.17) is 23.2 Å². The zero-order valence-electron chi connectivity index (χ0n) is 21.2. The number of halogens is 2. The number of nitrogens with zero attached hydrogens (tertiary/aromatic N) is 2. The minimum atomic E-state index is -4.20. The molecule has 0 bridgehead atoms. The number of hydrogen-bond donors (Lipinski definition) is 0. The van der Waals surface area contributed by atoms with Gasteiger partial charge in [0.05, 0.1) is 21.0 Å². The Labute approximate surface area is 246 Å². The molecule has 2 atom stereocenters. The fourth-order valence-electron chi connectivity index (χ4n) is 4.26.